The van der Waals surface area contributed by atoms with Crippen molar-refractivity contribution in [2.24, 2.45) is 0 Å². The summed E-state index contributed by atoms with van der Waals surface area (Å²) < 4.78 is 9.87. The number of benzene rings is 1. The Balaban J connectivity index is 2.01. The molecule has 0 atom stereocenters. The van der Waals surface area contributed by atoms with E-state index in [1.54, 1.807) is 0 Å². The van der Waals surface area contributed by atoms with Crippen molar-refractivity contribution in [3.63, 3.8) is 0 Å². The van der Waals surface area contributed by atoms with Crippen LogP contribution in [0.1, 0.15) is 70.4 Å². The molecule has 0 aliphatic heterocycles. The van der Waals surface area contributed by atoms with Crippen LogP contribution < -0.4 is 5.32 Å². The first-order chi connectivity index (χ1) is 12.8. The van der Waals surface area contributed by atoms with Gasteiger partial charge in [-0.3, -0.25) is 4.79 Å². The van der Waals surface area contributed by atoms with E-state index in [-0.39, 0.29) is 12.1 Å². The SMILES string of the molecule is COC(=O)Cc1ccc(CCCCCCCCNC(=O)OC(C)(C)C)cc1. The number of ether oxygens (including phenoxy) is 2. The highest BCUT2D eigenvalue weighted by molar-refractivity contribution is 5.72. The zero-order valence-electron chi connectivity index (χ0n) is 17.3. The summed E-state index contributed by atoms with van der Waals surface area (Å²) >= 11 is 0. The van der Waals surface area contributed by atoms with Gasteiger partial charge in [0, 0.05) is 6.54 Å². The van der Waals surface area contributed by atoms with Crippen LogP contribution in [0.4, 0.5) is 4.79 Å². The fraction of sp³-hybridized carbons (Fsp3) is 0.636. The molecule has 0 radical (unpaired) electrons. The van der Waals surface area contributed by atoms with Gasteiger partial charge in [-0.05, 0) is 51.2 Å². The average molecular weight is 378 g/mol. The second-order valence-electron chi connectivity index (χ2n) is 7.87. The topological polar surface area (TPSA) is 64.6 Å². The number of rotatable bonds is 11. The number of hydrogen-bond acceptors (Lipinski definition) is 4. The Bertz CT molecular complexity index is 561. The molecule has 0 spiro atoms. The Morgan fingerprint density at radius 1 is 0.889 bits per heavy atom. The molecule has 0 bridgehead atoms. The molecule has 0 aromatic heterocycles. The average Bonchev–Trinajstić information content (AvgIpc) is 2.60. The molecule has 0 saturated heterocycles. The van der Waals surface area contributed by atoms with Crippen LogP contribution in [0.2, 0.25) is 0 Å². The van der Waals surface area contributed by atoms with E-state index in [0.717, 1.165) is 24.8 Å². The molecular weight excluding hydrogens is 342 g/mol. The fourth-order valence-corrected chi connectivity index (χ4v) is 2.73. The minimum Gasteiger partial charge on any atom is -0.469 e. The summed E-state index contributed by atoms with van der Waals surface area (Å²) in [5, 5.41) is 2.79. The number of carbonyl (C=O) groups is 2. The maximum Gasteiger partial charge on any atom is 0.407 e. The lowest BCUT2D eigenvalue weighted by Gasteiger charge is -2.19. The number of aryl methyl sites for hydroxylation is 1. The van der Waals surface area contributed by atoms with Crippen molar-refractivity contribution >= 4 is 12.1 Å². The Labute approximate surface area is 163 Å². The first-order valence-corrected chi connectivity index (χ1v) is 9.91. The highest BCUT2D eigenvalue weighted by Gasteiger charge is 2.15. The minimum absolute atomic E-state index is 0.205. The zero-order chi connectivity index (χ0) is 20.1. The fourth-order valence-electron chi connectivity index (χ4n) is 2.73. The first kappa shape index (κ1) is 23.0. The first-order valence-electron chi connectivity index (χ1n) is 9.91. The van der Waals surface area contributed by atoms with Crippen LogP contribution in [-0.4, -0.2) is 31.3 Å². The van der Waals surface area contributed by atoms with Crippen LogP contribution in [0.15, 0.2) is 24.3 Å². The number of esters is 1. The number of amides is 1. The standard InChI is InChI=1S/C22H35NO4/c1-22(2,3)27-21(25)23-16-10-8-6-5-7-9-11-18-12-14-19(15-13-18)17-20(24)26-4/h12-15H,5-11,16-17H2,1-4H3,(H,23,25). The second-order valence-corrected chi connectivity index (χ2v) is 7.87. The molecule has 152 valence electrons. The van der Waals surface area contributed by atoms with E-state index in [4.69, 9.17) is 4.74 Å². The van der Waals surface area contributed by atoms with Crippen molar-refractivity contribution in [2.45, 2.75) is 77.7 Å². The van der Waals surface area contributed by atoms with Gasteiger partial charge in [-0.2, -0.15) is 0 Å². The van der Waals surface area contributed by atoms with E-state index in [9.17, 15) is 9.59 Å². The minimum atomic E-state index is -0.439. The molecule has 0 fully saturated rings. The van der Waals surface area contributed by atoms with E-state index in [1.807, 2.05) is 32.9 Å². The van der Waals surface area contributed by atoms with Crippen molar-refractivity contribution in [3.05, 3.63) is 35.4 Å². The van der Waals surface area contributed by atoms with Gasteiger partial charge in [0.15, 0.2) is 0 Å². The summed E-state index contributed by atoms with van der Waals surface area (Å²) in [4.78, 5) is 22.7. The summed E-state index contributed by atoms with van der Waals surface area (Å²) in [7, 11) is 1.41. The van der Waals surface area contributed by atoms with Crippen molar-refractivity contribution in [1.29, 1.82) is 0 Å². The lowest BCUT2D eigenvalue weighted by molar-refractivity contribution is -0.139. The maximum absolute atomic E-state index is 11.5. The number of hydrogen-bond donors (Lipinski definition) is 1. The van der Waals surface area contributed by atoms with E-state index in [1.165, 1.54) is 38.4 Å². The van der Waals surface area contributed by atoms with Gasteiger partial charge in [0.25, 0.3) is 0 Å². The third kappa shape index (κ3) is 12.1. The van der Waals surface area contributed by atoms with Crippen molar-refractivity contribution in [1.82, 2.24) is 5.32 Å². The molecule has 0 aliphatic carbocycles. The van der Waals surface area contributed by atoms with Crippen LogP contribution in [0, 0.1) is 0 Å². The number of carbonyl (C=O) groups excluding carboxylic acids is 2. The molecule has 5 nitrogen and oxygen atoms in total. The molecule has 5 heteroatoms. The predicted octanol–water partition coefficient (Wildman–Crippen LogP) is 4.81. The van der Waals surface area contributed by atoms with Crippen molar-refractivity contribution in [3.8, 4) is 0 Å². The van der Waals surface area contributed by atoms with E-state index < -0.39 is 5.60 Å². The highest BCUT2D eigenvalue weighted by Crippen LogP contribution is 2.12. The number of nitrogens with one attached hydrogen (secondary N) is 1. The van der Waals surface area contributed by atoms with Gasteiger partial charge < -0.3 is 14.8 Å². The Morgan fingerprint density at radius 3 is 2.04 bits per heavy atom. The number of methoxy groups -OCH3 is 1. The number of unbranched alkanes of at least 4 members (excludes halogenated alkanes) is 5. The van der Waals surface area contributed by atoms with Gasteiger partial charge in [0.2, 0.25) is 0 Å². The van der Waals surface area contributed by atoms with E-state index in [0.29, 0.717) is 13.0 Å². The molecule has 1 aromatic carbocycles. The summed E-state index contributed by atoms with van der Waals surface area (Å²) in [6.07, 6.45) is 7.97. The van der Waals surface area contributed by atoms with Gasteiger partial charge in [0.1, 0.15) is 5.60 Å². The Kier molecular flexibility index (Phi) is 10.5. The smallest absolute Gasteiger partial charge is 0.407 e. The predicted molar refractivity (Wildman–Crippen MR) is 108 cm³/mol. The molecular formula is C22H35NO4. The maximum atomic E-state index is 11.5. The lowest BCUT2D eigenvalue weighted by atomic mass is 10.0. The Morgan fingerprint density at radius 2 is 1.44 bits per heavy atom. The monoisotopic (exact) mass is 377 g/mol. The molecule has 0 aliphatic rings. The van der Waals surface area contributed by atoms with Crippen LogP contribution in [-0.2, 0) is 27.1 Å². The molecule has 0 unspecified atom stereocenters. The molecule has 1 rings (SSSR count). The largest absolute Gasteiger partial charge is 0.469 e. The van der Waals surface area contributed by atoms with Gasteiger partial charge >= 0.3 is 12.1 Å². The Hall–Kier alpha value is -2.04. The van der Waals surface area contributed by atoms with Crippen LogP contribution >= 0.6 is 0 Å². The second kappa shape index (κ2) is 12.4. The quantitative estimate of drug-likeness (QED) is 0.444. The zero-order valence-corrected chi connectivity index (χ0v) is 17.3. The summed E-state index contributed by atoms with van der Waals surface area (Å²) in [5.41, 5.74) is 1.86. The summed E-state index contributed by atoms with van der Waals surface area (Å²) in [6, 6.07) is 8.20. The molecule has 1 N–H and O–H groups in total. The lowest BCUT2D eigenvalue weighted by Crippen LogP contribution is -2.32. The number of alkyl carbamates (subject to hydrolysis) is 1. The molecule has 0 saturated carbocycles. The molecule has 27 heavy (non-hydrogen) atoms. The molecule has 0 heterocycles. The van der Waals surface area contributed by atoms with Gasteiger partial charge in [-0.1, -0.05) is 49.9 Å². The summed E-state index contributed by atoms with van der Waals surface area (Å²) in [6.45, 7) is 6.27. The highest BCUT2D eigenvalue weighted by atomic mass is 16.6. The normalized spacial score (nSPS) is 11.1. The van der Waals surface area contributed by atoms with Crippen molar-refractivity contribution < 1.29 is 19.1 Å². The molecule has 1 aromatic rings. The van der Waals surface area contributed by atoms with E-state index >= 15 is 0 Å². The van der Waals surface area contributed by atoms with Gasteiger partial charge in [0.05, 0.1) is 13.5 Å². The van der Waals surface area contributed by atoms with Gasteiger partial charge in [-0.15, -0.1) is 0 Å². The third-order valence-corrected chi connectivity index (χ3v) is 4.16. The summed E-state index contributed by atoms with van der Waals surface area (Å²) in [5.74, 6) is -0.205. The van der Waals surface area contributed by atoms with Crippen LogP contribution in [0.25, 0.3) is 0 Å². The van der Waals surface area contributed by atoms with Crippen LogP contribution in [0.5, 0.6) is 0 Å². The third-order valence-electron chi connectivity index (χ3n) is 4.16. The van der Waals surface area contributed by atoms with Crippen LogP contribution in [0.3, 0.4) is 0 Å². The van der Waals surface area contributed by atoms with Crippen molar-refractivity contribution in [2.75, 3.05) is 13.7 Å². The van der Waals surface area contributed by atoms with E-state index in [2.05, 4.69) is 22.2 Å². The molecule has 1 amide bonds. The van der Waals surface area contributed by atoms with Gasteiger partial charge in [-0.25, -0.2) is 4.79 Å².